The van der Waals surface area contributed by atoms with Gasteiger partial charge in [-0.05, 0) is 75.2 Å². The van der Waals surface area contributed by atoms with E-state index >= 15 is 0 Å². The molecule has 3 aromatic rings. The third-order valence-corrected chi connectivity index (χ3v) is 5.46. The first-order valence-electron chi connectivity index (χ1n) is 11.1. The zero-order valence-electron chi connectivity index (χ0n) is 18.4. The van der Waals surface area contributed by atoms with Crippen LogP contribution < -0.4 is 15.4 Å². The van der Waals surface area contributed by atoms with Gasteiger partial charge >= 0.3 is 0 Å². The zero-order chi connectivity index (χ0) is 21.5. The number of aromatic nitrogens is 2. The van der Waals surface area contributed by atoms with Gasteiger partial charge in [-0.3, -0.25) is 0 Å². The Kier molecular flexibility index (Phi) is 6.99. The van der Waals surface area contributed by atoms with E-state index in [9.17, 15) is 0 Å². The summed E-state index contributed by atoms with van der Waals surface area (Å²) in [5.74, 6) is 2.30. The molecule has 6 heteroatoms. The number of hydrogen-bond acceptors (Lipinski definition) is 6. The zero-order valence-corrected chi connectivity index (χ0v) is 18.4. The Labute approximate surface area is 184 Å². The van der Waals surface area contributed by atoms with Crippen LogP contribution in [-0.4, -0.2) is 47.7 Å². The maximum absolute atomic E-state index is 5.58. The standard InChI is InChI=1S/C25H31N5O/c1-3-31-22-11-9-20(10-12-22)23-18-27-25(28-21-8-6-7-19(2)17-21)29-24(23)26-13-16-30-14-4-5-15-30/h6-12,17-18H,3-5,13-16H2,1-2H3,(H2,26,27,28,29). The van der Waals surface area contributed by atoms with Crippen molar-refractivity contribution in [2.45, 2.75) is 26.7 Å². The van der Waals surface area contributed by atoms with Gasteiger partial charge in [-0.15, -0.1) is 0 Å². The van der Waals surface area contributed by atoms with Gasteiger partial charge in [0.25, 0.3) is 0 Å². The van der Waals surface area contributed by atoms with Crippen molar-refractivity contribution >= 4 is 17.5 Å². The highest BCUT2D eigenvalue weighted by Crippen LogP contribution is 2.29. The van der Waals surface area contributed by atoms with Crippen LogP contribution >= 0.6 is 0 Å². The summed E-state index contributed by atoms with van der Waals surface area (Å²) in [6.07, 6.45) is 4.49. The molecule has 1 aliphatic heterocycles. The lowest BCUT2D eigenvalue weighted by molar-refractivity contribution is 0.340. The van der Waals surface area contributed by atoms with Crippen LogP contribution in [0.2, 0.25) is 0 Å². The van der Waals surface area contributed by atoms with Crippen molar-refractivity contribution in [1.82, 2.24) is 14.9 Å². The van der Waals surface area contributed by atoms with Crippen LogP contribution in [0.1, 0.15) is 25.3 Å². The van der Waals surface area contributed by atoms with Gasteiger partial charge in [-0.25, -0.2) is 4.98 Å². The van der Waals surface area contributed by atoms with Crippen molar-refractivity contribution in [3.63, 3.8) is 0 Å². The first kappa shape index (κ1) is 21.1. The molecule has 31 heavy (non-hydrogen) atoms. The van der Waals surface area contributed by atoms with Gasteiger partial charge in [-0.2, -0.15) is 4.98 Å². The number of benzene rings is 2. The summed E-state index contributed by atoms with van der Waals surface area (Å²) in [6.45, 7) is 8.98. The van der Waals surface area contributed by atoms with Crippen LogP contribution in [-0.2, 0) is 0 Å². The van der Waals surface area contributed by atoms with E-state index in [-0.39, 0.29) is 0 Å². The highest BCUT2D eigenvalue weighted by molar-refractivity contribution is 5.76. The SMILES string of the molecule is CCOc1ccc(-c2cnc(Nc3cccc(C)c3)nc2NCCN2CCCC2)cc1. The summed E-state index contributed by atoms with van der Waals surface area (Å²) in [4.78, 5) is 11.9. The number of aryl methyl sites for hydroxylation is 1. The van der Waals surface area contributed by atoms with Gasteiger partial charge in [0.2, 0.25) is 5.95 Å². The van der Waals surface area contributed by atoms with Gasteiger partial charge in [0.1, 0.15) is 11.6 Å². The average Bonchev–Trinajstić information content (AvgIpc) is 3.29. The van der Waals surface area contributed by atoms with E-state index in [1.165, 1.54) is 31.5 Å². The van der Waals surface area contributed by atoms with Crippen LogP contribution in [0.15, 0.2) is 54.7 Å². The Hall–Kier alpha value is -3.12. The Morgan fingerprint density at radius 3 is 2.61 bits per heavy atom. The Morgan fingerprint density at radius 1 is 1.06 bits per heavy atom. The summed E-state index contributed by atoms with van der Waals surface area (Å²) in [5, 5.41) is 6.88. The molecule has 4 rings (SSSR count). The molecular weight excluding hydrogens is 386 g/mol. The van der Waals surface area contributed by atoms with Crippen molar-refractivity contribution < 1.29 is 4.74 Å². The topological polar surface area (TPSA) is 62.3 Å². The molecule has 0 atom stereocenters. The number of anilines is 3. The van der Waals surface area contributed by atoms with E-state index in [1.807, 2.05) is 37.4 Å². The maximum Gasteiger partial charge on any atom is 0.229 e. The van der Waals surface area contributed by atoms with Gasteiger partial charge in [-0.1, -0.05) is 24.3 Å². The summed E-state index contributed by atoms with van der Waals surface area (Å²) >= 11 is 0. The Bertz CT molecular complexity index is 983. The van der Waals surface area contributed by atoms with Crippen LogP contribution in [0, 0.1) is 6.92 Å². The van der Waals surface area contributed by atoms with Crippen LogP contribution in [0.5, 0.6) is 5.75 Å². The minimum Gasteiger partial charge on any atom is -0.494 e. The first-order chi connectivity index (χ1) is 15.2. The van der Waals surface area contributed by atoms with Crippen molar-refractivity contribution in [3.05, 3.63) is 60.3 Å². The number of nitrogens with one attached hydrogen (secondary N) is 2. The van der Waals surface area contributed by atoms with Gasteiger partial charge in [0, 0.05) is 30.5 Å². The lowest BCUT2D eigenvalue weighted by Gasteiger charge is -2.17. The van der Waals surface area contributed by atoms with E-state index in [0.717, 1.165) is 41.5 Å². The second-order valence-electron chi connectivity index (χ2n) is 7.88. The molecule has 1 fully saturated rings. The second-order valence-corrected chi connectivity index (χ2v) is 7.88. The normalized spacial score (nSPS) is 13.9. The minimum atomic E-state index is 0.587. The summed E-state index contributed by atoms with van der Waals surface area (Å²) in [6, 6.07) is 16.3. The van der Waals surface area contributed by atoms with Crippen LogP contribution in [0.4, 0.5) is 17.5 Å². The third kappa shape index (κ3) is 5.73. The molecule has 2 heterocycles. The number of hydrogen-bond donors (Lipinski definition) is 2. The molecule has 1 aromatic heterocycles. The summed E-state index contributed by atoms with van der Waals surface area (Å²) < 4.78 is 5.58. The summed E-state index contributed by atoms with van der Waals surface area (Å²) in [7, 11) is 0. The van der Waals surface area contributed by atoms with E-state index < -0.39 is 0 Å². The molecule has 2 aromatic carbocycles. The fraction of sp³-hybridized carbons (Fsp3) is 0.360. The highest BCUT2D eigenvalue weighted by atomic mass is 16.5. The van der Waals surface area contributed by atoms with E-state index in [1.54, 1.807) is 0 Å². The number of rotatable bonds is 9. The minimum absolute atomic E-state index is 0.587. The van der Waals surface area contributed by atoms with Crippen molar-refractivity contribution in [2.24, 2.45) is 0 Å². The monoisotopic (exact) mass is 417 g/mol. The number of nitrogens with zero attached hydrogens (tertiary/aromatic N) is 3. The van der Waals surface area contributed by atoms with Gasteiger partial charge in [0.15, 0.2) is 0 Å². The summed E-state index contributed by atoms with van der Waals surface area (Å²) in [5.41, 5.74) is 4.23. The molecule has 0 spiro atoms. The number of ether oxygens (including phenoxy) is 1. The fourth-order valence-electron chi connectivity index (χ4n) is 3.88. The largest absolute Gasteiger partial charge is 0.494 e. The third-order valence-electron chi connectivity index (χ3n) is 5.46. The molecule has 6 nitrogen and oxygen atoms in total. The van der Waals surface area contributed by atoms with Crippen molar-refractivity contribution in [1.29, 1.82) is 0 Å². The molecule has 162 valence electrons. The molecule has 1 aliphatic rings. The molecule has 0 bridgehead atoms. The van der Waals surface area contributed by atoms with Crippen molar-refractivity contribution in [2.75, 3.05) is 43.4 Å². The predicted octanol–water partition coefficient (Wildman–Crippen LogP) is 5.10. The fourth-order valence-corrected chi connectivity index (χ4v) is 3.88. The maximum atomic E-state index is 5.58. The quantitative estimate of drug-likeness (QED) is 0.505. The molecule has 1 saturated heterocycles. The molecule has 0 amide bonds. The lowest BCUT2D eigenvalue weighted by Crippen LogP contribution is -2.26. The number of likely N-dealkylation sites (tertiary alicyclic amines) is 1. The first-order valence-corrected chi connectivity index (χ1v) is 11.1. The predicted molar refractivity (Wildman–Crippen MR) is 127 cm³/mol. The van der Waals surface area contributed by atoms with Crippen LogP contribution in [0.25, 0.3) is 11.1 Å². The molecule has 0 unspecified atom stereocenters. The van der Waals surface area contributed by atoms with Crippen LogP contribution in [0.3, 0.4) is 0 Å². The molecule has 0 saturated carbocycles. The lowest BCUT2D eigenvalue weighted by atomic mass is 10.1. The Morgan fingerprint density at radius 2 is 1.87 bits per heavy atom. The average molecular weight is 418 g/mol. The molecule has 2 N–H and O–H groups in total. The Balaban J connectivity index is 1.55. The van der Waals surface area contributed by atoms with E-state index in [2.05, 4.69) is 51.7 Å². The second kappa shape index (κ2) is 10.3. The van der Waals surface area contributed by atoms with E-state index in [4.69, 9.17) is 9.72 Å². The van der Waals surface area contributed by atoms with Crippen molar-refractivity contribution in [3.8, 4) is 16.9 Å². The molecule has 0 radical (unpaired) electrons. The highest BCUT2D eigenvalue weighted by Gasteiger charge is 2.13. The van der Waals surface area contributed by atoms with Gasteiger partial charge in [0.05, 0.1) is 6.61 Å². The van der Waals surface area contributed by atoms with Gasteiger partial charge < -0.3 is 20.3 Å². The smallest absolute Gasteiger partial charge is 0.229 e. The molecular formula is C25H31N5O. The molecule has 0 aliphatic carbocycles. The van der Waals surface area contributed by atoms with E-state index in [0.29, 0.717) is 12.6 Å².